The van der Waals surface area contributed by atoms with Crippen LogP contribution in [0.2, 0.25) is 0 Å². The quantitative estimate of drug-likeness (QED) is 0.821. The van der Waals surface area contributed by atoms with E-state index in [1.165, 1.54) is 25.9 Å². The minimum absolute atomic E-state index is 0.201. The molecule has 2 aliphatic heterocycles. The number of nitrogens with zero attached hydrogens (tertiary/aromatic N) is 2. The van der Waals surface area contributed by atoms with Gasteiger partial charge in [-0.25, -0.2) is 0 Å². The van der Waals surface area contributed by atoms with Crippen LogP contribution in [0, 0.1) is 0 Å². The summed E-state index contributed by atoms with van der Waals surface area (Å²) < 4.78 is 0. The fourth-order valence-corrected chi connectivity index (χ4v) is 2.95. The van der Waals surface area contributed by atoms with Gasteiger partial charge in [0.1, 0.15) is 0 Å². The standard InChI is InChI=1S/C14H26N2O2/c17-13-5-3-11-16(12-7-13)14(18)6-4-10-15-8-1-2-9-15/h13,17H,1-12H2/t13-/m1/s1. The highest BCUT2D eigenvalue weighted by Gasteiger charge is 2.19. The number of carbonyl (C=O) groups is 1. The zero-order valence-corrected chi connectivity index (χ0v) is 11.3. The zero-order chi connectivity index (χ0) is 12.8. The number of amides is 1. The van der Waals surface area contributed by atoms with Gasteiger partial charge in [0.2, 0.25) is 5.91 Å². The van der Waals surface area contributed by atoms with E-state index in [9.17, 15) is 9.90 Å². The number of carbonyl (C=O) groups excluding carboxylic acids is 1. The molecule has 2 aliphatic rings. The summed E-state index contributed by atoms with van der Waals surface area (Å²) in [7, 11) is 0. The fraction of sp³-hybridized carbons (Fsp3) is 0.929. The summed E-state index contributed by atoms with van der Waals surface area (Å²) >= 11 is 0. The Bertz CT molecular complexity index is 265. The van der Waals surface area contributed by atoms with E-state index in [0.29, 0.717) is 6.42 Å². The Morgan fingerprint density at radius 1 is 1.06 bits per heavy atom. The lowest BCUT2D eigenvalue weighted by Crippen LogP contribution is -2.32. The Hall–Kier alpha value is -0.610. The normalized spacial score (nSPS) is 26.3. The second-order valence-corrected chi connectivity index (χ2v) is 5.62. The van der Waals surface area contributed by atoms with Gasteiger partial charge in [-0.2, -0.15) is 0 Å². The van der Waals surface area contributed by atoms with Crippen LogP contribution in [0.4, 0.5) is 0 Å². The molecule has 1 N–H and O–H groups in total. The highest BCUT2D eigenvalue weighted by Crippen LogP contribution is 2.13. The molecular weight excluding hydrogens is 228 g/mol. The molecule has 104 valence electrons. The largest absolute Gasteiger partial charge is 0.393 e. The van der Waals surface area contributed by atoms with E-state index in [1.807, 2.05) is 4.90 Å². The molecule has 0 saturated carbocycles. The first-order valence-electron chi connectivity index (χ1n) is 7.44. The number of aliphatic hydroxyl groups is 1. The Kier molecular flexibility index (Phi) is 5.45. The highest BCUT2D eigenvalue weighted by molar-refractivity contribution is 5.76. The first kappa shape index (κ1) is 13.8. The molecule has 1 amide bonds. The molecule has 2 saturated heterocycles. The van der Waals surface area contributed by atoms with Gasteiger partial charge in [0.05, 0.1) is 6.10 Å². The maximum Gasteiger partial charge on any atom is 0.222 e. The van der Waals surface area contributed by atoms with Gasteiger partial charge in [-0.15, -0.1) is 0 Å². The lowest BCUT2D eigenvalue weighted by Gasteiger charge is -2.21. The molecule has 0 bridgehead atoms. The first-order valence-corrected chi connectivity index (χ1v) is 7.44. The summed E-state index contributed by atoms with van der Waals surface area (Å²) in [6.45, 7) is 5.07. The summed E-state index contributed by atoms with van der Waals surface area (Å²) in [6, 6.07) is 0. The van der Waals surface area contributed by atoms with E-state index >= 15 is 0 Å². The van der Waals surface area contributed by atoms with Crippen molar-refractivity contribution in [3.63, 3.8) is 0 Å². The van der Waals surface area contributed by atoms with E-state index in [-0.39, 0.29) is 12.0 Å². The molecule has 0 spiro atoms. The van der Waals surface area contributed by atoms with Crippen molar-refractivity contribution < 1.29 is 9.90 Å². The monoisotopic (exact) mass is 254 g/mol. The lowest BCUT2D eigenvalue weighted by atomic mass is 10.2. The third kappa shape index (κ3) is 4.25. The maximum absolute atomic E-state index is 12.1. The second-order valence-electron chi connectivity index (χ2n) is 5.62. The summed E-state index contributed by atoms with van der Waals surface area (Å²) in [4.78, 5) is 16.5. The molecule has 1 atom stereocenters. The van der Waals surface area contributed by atoms with Gasteiger partial charge >= 0.3 is 0 Å². The summed E-state index contributed by atoms with van der Waals surface area (Å²) in [5, 5.41) is 9.56. The molecule has 4 heteroatoms. The van der Waals surface area contributed by atoms with Crippen LogP contribution in [-0.4, -0.2) is 59.6 Å². The Morgan fingerprint density at radius 3 is 2.61 bits per heavy atom. The molecule has 2 heterocycles. The van der Waals surface area contributed by atoms with Crippen molar-refractivity contribution in [1.82, 2.24) is 9.80 Å². The molecule has 0 aromatic heterocycles. The predicted molar refractivity (Wildman–Crippen MR) is 71.3 cm³/mol. The lowest BCUT2D eigenvalue weighted by molar-refractivity contribution is -0.131. The molecule has 0 radical (unpaired) electrons. The van der Waals surface area contributed by atoms with Crippen molar-refractivity contribution in [3.8, 4) is 0 Å². The van der Waals surface area contributed by atoms with Crippen LogP contribution in [0.15, 0.2) is 0 Å². The van der Waals surface area contributed by atoms with Crippen molar-refractivity contribution in [2.45, 2.75) is 51.0 Å². The zero-order valence-electron chi connectivity index (χ0n) is 11.3. The van der Waals surface area contributed by atoms with Crippen LogP contribution in [0.5, 0.6) is 0 Å². The van der Waals surface area contributed by atoms with Crippen LogP contribution in [-0.2, 0) is 4.79 Å². The van der Waals surface area contributed by atoms with E-state index in [2.05, 4.69) is 4.90 Å². The SMILES string of the molecule is O=C(CCCN1CCCC1)N1CCC[C@@H](O)CC1. The van der Waals surface area contributed by atoms with Crippen LogP contribution in [0.1, 0.15) is 44.9 Å². The smallest absolute Gasteiger partial charge is 0.222 e. The van der Waals surface area contributed by atoms with Gasteiger partial charge in [0.25, 0.3) is 0 Å². The van der Waals surface area contributed by atoms with Crippen LogP contribution in [0.25, 0.3) is 0 Å². The number of likely N-dealkylation sites (tertiary alicyclic amines) is 2. The van der Waals surface area contributed by atoms with E-state index < -0.39 is 0 Å². The molecule has 4 nitrogen and oxygen atoms in total. The number of hydrogen-bond donors (Lipinski definition) is 1. The minimum Gasteiger partial charge on any atom is -0.393 e. The van der Waals surface area contributed by atoms with Crippen molar-refractivity contribution in [2.24, 2.45) is 0 Å². The van der Waals surface area contributed by atoms with E-state index in [1.54, 1.807) is 0 Å². The fourth-order valence-electron chi connectivity index (χ4n) is 2.95. The number of aliphatic hydroxyl groups excluding tert-OH is 1. The summed E-state index contributed by atoms with van der Waals surface area (Å²) in [5.41, 5.74) is 0. The van der Waals surface area contributed by atoms with Gasteiger partial charge in [-0.1, -0.05) is 0 Å². The van der Waals surface area contributed by atoms with Crippen molar-refractivity contribution in [2.75, 3.05) is 32.7 Å². The number of rotatable bonds is 4. The molecule has 0 unspecified atom stereocenters. The average Bonchev–Trinajstić information content (AvgIpc) is 2.77. The molecule has 0 aromatic rings. The van der Waals surface area contributed by atoms with E-state index in [0.717, 1.165) is 45.3 Å². The van der Waals surface area contributed by atoms with Crippen LogP contribution in [0.3, 0.4) is 0 Å². The maximum atomic E-state index is 12.1. The first-order chi connectivity index (χ1) is 8.75. The van der Waals surface area contributed by atoms with Crippen molar-refractivity contribution in [1.29, 1.82) is 0 Å². The van der Waals surface area contributed by atoms with Crippen molar-refractivity contribution >= 4 is 5.91 Å². The highest BCUT2D eigenvalue weighted by atomic mass is 16.3. The summed E-state index contributed by atoms with van der Waals surface area (Å²) in [5.74, 6) is 0.281. The summed E-state index contributed by atoms with van der Waals surface area (Å²) in [6.07, 6.45) is 6.63. The van der Waals surface area contributed by atoms with Crippen LogP contribution >= 0.6 is 0 Å². The van der Waals surface area contributed by atoms with Gasteiger partial charge in [0.15, 0.2) is 0 Å². The third-order valence-corrected chi connectivity index (χ3v) is 4.11. The molecular formula is C14H26N2O2. The van der Waals surface area contributed by atoms with Crippen LogP contribution < -0.4 is 0 Å². The minimum atomic E-state index is -0.201. The molecule has 2 fully saturated rings. The Balaban J connectivity index is 1.63. The number of hydrogen-bond acceptors (Lipinski definition) is 3. The molecule has 2 rings (SSSR count). The molecule has 0 aromatic carbocycles. The van der Waals surface area contributed by atoms with Crippen molar-refractivity contribution in [3.05, 3.63) is 0 Å². The predicted octanol–water partition coefficient (Wildman–Crippen LogP) is 1.24. The Morgan fingerprint density at radius 2 is 1.83 bits per heavy atom. The average molecular weight is 254 g/mol. The second kappa shape index (κ2) is 7.10. The van der Waals surface area contributed by atoms with Gasteiger partial charge in [-0.05, 0) is 58.2 Å². The van der Waals surface area contributed by atoms with Gasteiger partial charge in [-0.3, -0.25) is 4.79 Å². The molecule has 18 heavy (non-hydrogen) atoms. The molecule has 0 aliphatic carbocycles. The topological polar surface area (TPSA) is 43.8 Å². The van der Waals surface area contributed by atoms with Gasteiger partial charge < -0.3 is 14.9 Å². The van der Waals surface area contributed by atoms with E-state index in [4.69, 9.17) is 0 Å². The van der Waals surface area contributed by atoms with Gasteiger partial charge in [0, 0.05) is 19.5 Å². The Labute approximate surface area is 110 Å². The third-order valence-electron chi connectivity index (χ3n) is 4.11.